The molecule has 0 aliphatic carbocycles. The maximum atomic E-state index is 14.2. The second-order valence-corrected chi connectivity index (χ2v) is 12.6. The Morgan fingerprint density at radius 1 is 1.07 bits per heavy atom. The monoisotopic (exact) mass is 644 g/mol. The molecule has 11 nitrogen and oxygen atoms in total. The van der Waals surface area contributed by atoms with E-state index in [9.17, 15) is 28.1 Å². The Morgan fingerprint density at radius 3 is 2.41 bits per heavy atom. The number of carbonyl (C=O) groups is 2. The highest BCUT2D eigenvalue weighted by molar-refractivity contribution is 7.92. The van der Waals surface area contributed by atoms with Gasteiger partial charge in [0.05, 0.1) is 22.6 Å². The number of carbonyl (C=O) groups excluding carboxylic acids is 2. The number of nitrogens with one attached hydrogen (secondary N) is 1. The van der Waals surface area contributed by atoms with Crippen LogP contribution in [0.15, 0.2) is 65.6 Å². The number of nitrogens with zero attached hydrogens (tertiary/aromatic N) is 3. The lowest BCUT2D eigenvalue weighted by Crippen LogP contribution is -2.52. The van der Waals surface area contributed by atoms with Crippen LogP contribution in [0.25, 0.3) is 0 Å². The first-order valence-electron chi connectivity index (χ1n) is 14.1. The summed E-state index contributed by atoms with van der Waals surface area (Å²) >= 11 is 6.27. The maximum Gasteiger partial charge on any atom is 0.273 e. The van der Waals surface area contributed by atoms with Gasteiger partial charge in [0.15, 0.2) is 0 Å². The van der Waals surface area contributed by atoms with Crippen LogP contribution < -0.4 is 14.4 Å². The molecule has 13 heteroatoms. The number of benzene rings is 3. The van der Waals surface area contributed by atoms with Crippen molar-refractivity contribution in [2.45, 2.75) is 58.0 Å². The van der Waals surface area contributed by atoms with Gasteiger partial charge in [0.1, 0.15) is 18.3 Å². The molecule has 1 N–H and O–H groups in total. The Labute approximate surface area is 263 Å². The second kappa shape index (κ2) is 15.0. The molecule has 0 heterocycles. The molecule has 0 spiro atoms. The molecule has 0 aliphatic heterocycles. The van der Waals surface area contributed by atoms with Crippen molar-refractivity contribution in [1.82, 2.24) is 10.2 Å². The molecule has 0 saturated heterocycles. The van der Waals surface area contributed by atoms with E-state index >= 15 is 0 Å². The summed E-state index contributed by atoms with van der Waals surface area (Å²) in [5, 5.41) is 14.7. The first kappa shape index (κ1) is 34.3. The Kier molecular flexibility index (Phi) is 11.7. The summed E-state index contributed by atoms with van der Waals surface area (Å²) in [6.45, 7) is 6.78. The molecule has 0 aromatic heterocycles. The SMILES string of the molecule is CCCNC(=O)[C@H](CC)N(Cc1cccc(C)c1)C(=O)CN(c1cc(Cl)ccc1OC)S(=O)(=O)c1ccc(C)c([N+](=O)[O-])c1. The van der Waals surface area contributed by atoms with E-state index in [2.05, 4.69) is 5.32 Å². The molecule has 2 amide bonds. The number of halogens is 1. The number of nitro groups is 1. The highest BCUT2D eigenvalue weighted by Crippen LogP contribution is 2.36. The smallest absolute Gasteiger partial charge is 0.273 e. The Hall–Kier alpha value is -4.16. The summed E-state index contributed by atoms with van der Waals surface area (Å²) in [7, 11) is -3.27. The largest absolute Gasteiger partial charge is 0.495 e. The molecule has 0 aliphatic rings. The van der Waals surface area contributed by atoms with Crippen LogP contribution in [0.4, 0.5) is 11.4 Å². The number of nitro benzene ring substituents is 1. The first-order valence-corrected chi connectivity index (χ1v) is 15.9. The highest BCUT2D eigenvalue weighted by Gasteiger charge is 2.35. The molecule has 44 heavy (non-hydrogen) atoms. The summed E-state index contributed by atoms with van der Waals surface area (Å²) < 4.78 is 34.7. The molecule has 0 saturated carbocycles. The van der Waals surface area contributed by atoms with E-state index in [-0.39, 0.29) is 40.9 Å². The summed E-state index contributed by atoms with van der Waals surface area (Å²) in [6, 6.07) is 14.4. The minimum Gasteiger partial charge on any atom is -0.495 e. The fraction of sp³-hybridized carbons (Fsp3) is 0.355. The number of amides is 2. The van der Waals surface area contributed by atoms with Crippen molar-refractivity contribution in [1.29, 1.82) is 0 Å². The second-order valence-electron chi connectivity index (χ2n) is 10.3. The van der Waals surface area contributed by atoms with Gasteiger partial charge in [-0.05, 0) is 56.5 Å². The quantitative estimate of drug-likeness (QED) is 0.183. The van der Waals surface area contributed by atoms with Gasteiger partial charge in [0.25, 0.3) is 15.7 Å². The van der Waals surface area contributed by atoms with Crippen LogP contribution in [0.5, 0.6) is 5.75 Å². The van der Waals surface area contributed by atoms with Crippen molar-refractivity contribution in [2.75, 3.05) is 24.5 Å². The van der Waals surface area contributed by atoms with Gasteiger partial charge in [-0.2, -0.15) is 0 Å². The van der Waals surface area contributed by atoms with Crippen LogP contribution in [0.2, 0.25) is 5.02 Å². The van der Waals surface area contributed by atoms with Crippen molar-refractivity contribution in [3.05, 3.63) is 92.5 Å². The molecule has 0 fully saturated rings. The van der Waals surface area contributed by atoms with Crippen LogP contribution in [0, 0.1) is 24.0 Å². The van der Waals surface area contributed by atoms with Gasteiger partial charge < -0.3 is 15.0 Å². The third kappa shape index (κ3) is 8.06. The topological polar surface area (TPSA) is 139 Å². The predicted molar refractivity (Wildman–Crippen MR) is 169 cm³/mol. The lowest BCUT2D eigenvalue weighted by molar-refractivity contribution is -0.385. The number of aryl methyl sites for hydroxylation is 2. The summed E-state index contributed by atoms with van der Waals surface area (Å²) in [5.41, 5.74) is 1.53. The Bertz CT molecular complexity index is 1630. The molecular weight excluding hydrogens is 608 g/mol. The van der Waals surface area contributed by atoms with E-state index in [0.717, 1.165) is 21.5 Å². The number of methoxy groups -OCH3 is 1. The average molecular weight is 645 g/mol. The third-order valence-corrected chi connectivity index (χ3v) is 9.02. The van der Waals surface area contributed by atoms with Crippen molar-refractivity contribution >= 4 is 44.8 Å². The third-order valence-electron chi connectivity index (χ3n) is 7.02. The van der Waals surface area contributed by atoms with E-state index < -0.39 is 44.0 Å². The van der Waals surface area contributed by atoms with Crippen LogP contribution in [-0.2, 0) is 26.2 Å². The maximum absolute atomic E-state index is 14.2. The fourth-order valence-electron chi connectivity index (χ4n) is 4.74. The van der Waals surface area contributed by atoms with Crippen LogP contribution in [0.3, 0.4) is 0 Å². The van der Waals surface area contributed by atoms with Crippen LogP contribution in [-0.4, -0.2) is 56.3 Å². The van der Waals surface area contributed by atoms with Gasteiger partial charge in [-0.15, -0.1) is 0 Å². The van der Waals surface area contributed by atoms with Gasteiger partial charge >= 0.3 is 0 Å². The van der Waals surface area contributed by atoms with Gasteiger partial charge in [-0.1, -0.05) is 61.3 Å². The van der Waals surface area contributed by atoms with Gasteiger partial charge in [-0.3, -0.25) is 24.0 Å². The first-order chi connectivity index (χ1) is 20.8. The molecule has 1 atom stereocenters. The van der Waals surface area contributed by atoms with E-state index in [1.807, 2.05) is 38.1 Å². The lowest BCUT2D eigenvalue weighted by atomic mass is 10.1. The van der Waals surface area contributed by atoms with Crippen molar-refractivity contribution in [3.8, 4) is 5.75 Å². The molecule has 3 aromatic rings. The van der Waals surface area contributed by atoms with E-state index in [0.29, 0.717) is 13.0 Å². The minimum absolute atomic E-state index is 0.0368. The summed E-state index contributed by atoms with van der Waals surface area (Å²) in [5.74, 6) is -0.929. The van der Waals surface area contributed by atoms with Gasteiger partial charge in [0, 0.05) is 29.7 Å². The fourth-order valence-corrected chi connectivity index (χ4v) is 6.34. The average Bonchev–Trinajstić information content (AvgIpc) is 2.98. The molecule has 3 rings (SSSR count). The number of rotatable bonds is 14. The van der Waals surface area contributed by atoms with Crippen LogP contribution in [0.1, 0.15) is 43.4 Å². The number of sulfonamides is 1. The highest BCUT2D eigenvalue weighted by atomic mass is 35.5. The molecule has 0 radical (unpaired) electrons. The lowest BCUT2D eigenvalue weighted by Gasteiger charge is -2.33. The molecule has 0 bridgehead atoms. The normalized spacial score (nSPS) is 11.9. The number of anilines is 1. The zero-order chi connectivity index (χ0) is 32.6. The standard InChI is InChI=1S/C31H37ClN4O7S/c1-6-15-33-31(38)26(7-2)34(19-23-10-8-9-21(3)16-23)30(37)20-35(28-17-24(32)12-14-29(28)43-5)44(41,42)25-13-11-22(4)27(18-25)36(39)40/h8-14,16-18,26H,6-7,15,19-20H2,1-5H3,(H,33,38)/t26-/m0/s1. The summed E-state index contributed by atoms with van der Waals surface area (Å²) in [6.07, 6.45) is 0.960. The minimum atomic E-state index is -4.61. The zero-order valence-corrected chi connectivity index (χ0v) is 26.9. The molecular formula is C31H37ClN4O7S. The van der Waals surface area contributed by atoms with Crippen molar-refractivity contribution in [3.63, 3.8) is 0 Å². The van der Waals surface area contributed by atoms with E-state index in [1.54, 1.807) is 6.92 Å². The summed E-state index contributed by atoms with van der Waals surface area (Å²) in [4.78, 5) is 39.4. The molecule has 3 aromatic carbocycles. The Morgan fingerprint density at radius 2 is 1.80 bits per heavy atom. The van der Waals surface area contributed by atoms with Crippen molar-refractivity contribution < 1.29 is 27.7 Å². The van der Waals surface area contributed by atoms with Crippen LogP contribution >= 0.6 is 11.6 Å². The predicted octanol–water partition coefficient (Wildman–Crippen LogP) is 5.40. The number of ether oxygens (including phenoxy) is 1. The van der Waals surface area contributed by atoms with Gasteiger partial charge in [-0.25, -0.2) is 8.42 Å². The van der Waals surface area contributed by atoms with E-state index in [4.69, 9.17) is 16.3 Å². The van der Waals surface area contributed by atoms with Gasteiger partial charge in [0.2, 0.25) is 11.8 Å². The number of hydrogen-bond acceptors (Lipinski definition) is 7. The molecule has 236 valence electrons. The zero-order valence-electron chi connectivity index (χ0n) is 25.4. The number of hydrogen-bond donors (Lipinski definition) is 1. The molecule has 0 unspecified atom stereocenters. The Balaban J connectivity index is 2.18. The van der Waals surface area contributed by atoms with E-state index in [1.165, 1.54) is 49.3 Å². The van der Waals surface area contributed by atoms with Crippen molar-refractivity contribution in [2.24, 2.45) is 0 Å².